The number of fused-ring (bicyclic) bond motifs is 1. The second-order valence-corrected chi connectivity index (χ2v) is 4.94. The lowest BCUT2D eigenvalue weighted by Crippen LogP contribution is -2.05. The smallest absolute Gasteiger partial charge is 0.202 e. The Morgan fingerprint density at radius 2 is 2.33 bits per heavy atom. The van der Waals surface area contributed by atoms with Crippen LogP contribution in [0.1, 0.15) is 12.8 Å². The summed E-state index contributed by atoms with van der Waals surface area (Å²) in [6.07, 6.45) is 4.39. The molecule has 4 nitrogen and oxygen atoms in total. The Labute approximate surface area is 95.6 Å². The number of rotatable bonds is 2. The molecule has 5 heteroatoms. The molecule has 3 rings (SSSR count). The van der Waals surface area contributed by atoms with Crippen molar-refractivity contribution in [2.75, 3.05) is 5.73 Å². The highest BCUT2D eigenvalue weighted by Crippen LogP contribution is 2.32. The molecule has 0 aliphatic heterocycles. The summed E-state index contributed by atoms with van der Waals surface area (Å²) >= 11 is 3.38. The Balaban J connectivity index is 2.13. The number of hydrogen-bond donors (Lipinski definition) is 1. The first-order valence-corrected chi connectivity index (χ1v) is 5.80. The van der Waals surface area contributed by atoms with Gasteiger partial charge in [-0.1, -0.05) is 0 Å². The normalized spacial score (nSPS) is 16.1. The molecular weight excluding hydrogens is 256 g/mol. The first-order valence-electron chi connectivity index (χ1n) is 5.01. The van der Waals surface area contributed by atoms with Gasteiger partial charge in [-0.15, -0.1) is 0 Å². The lowest BCUT2D eigenvalue weighted by Gasteiger charge is -2.03. The van der Waals surface area contributed by atoms with Gasteiger partial charge in [-0.05, 0) is 40.8 Å². The van der Waals surface area contributed by atoms with Crippen molar-refractivity contribution in [2.45, 2.75) is 19.4 Å². The number of nitrogen functional groups attached to an aromatic ring is 1. The first-order chi connectivity index (χ1) is 7.24. The molecule has 78 valence electrons. The van der Waals surface area contributed by atoms with E-state index in [9.17, 15) is 0 Å². The van der Waals surface area contributed by atoms with Gasteiger partial charge in [-0.2, -0.15) is 0 Å². The zero-order valence-corrected chi connectivity index (χ0v) is 9.74. The number of nitrogens with zero attached hydrogens (tertiary/aromatic N) is 3. The summed E-state index contributed by atoms with van der Waals surface area (Å²) in [4.78, 5) is 8.66. The van der Waals surface area contributed by atoms with Gasteiger partial charge in [-0.3, -0.25) is 4.57 Å². The largest absolute Gasteiger partial charge is 0.369 e. The third kappa shape index (κ3) is 1.61. The highest BCUT2D eigenvalue weighted by molar-refractivity contribution is 9.10. The molecule has 0 unspecified atom stereocenters. The van der Waals surface area contributed by atoms with E-state index in [2.05, 4.69) is 25.9 Å². The van der Waals surface area contributed by atoms with Crippen molar-refractivity contribution in [3.05, 3.63) is 16.7 Å². The van der Waals surface area contributed by atoms with Crippen LogP contribution in [0.25, 0.3) is 11.2 Å². The highest BCUT2D eigenvalue weighted by Gasteiger charge is 2.24. The van der Waals surface area contributed by atoms with Crippen LogP contribution < -0.4 is 5.73 Å². The van der Waals surface area contributed by atoms with Gasteiger partial charge < -0.3 is 5.73 Å². The van der Waals surface area contributed by atoms with Crippen LogP contribution in [0, 0.1) is 5.92 Å². The minimum Gasteiger partial charge on any atom is -0.369 e. The third-order valence-electron chi connectivity index (χ3n) is 2.72. The third-order valence-corrected chi connectivity index (χ3v) is 3.15. The van der Waals surface area contributed by atoms with Crippen LogP contribution in [0.4, 0.5) is 5.95 Å². The molecule has 1 fully saturated rings. The van der Waals surface area contributed by atoms with E-state index >= 15 is 0 Å². The topological polar surface area (TPSA) is 56.7 Å². The summed E-state index contributed by atoms with van der Waals surface area (Å²) in [5, 5.41) is 0. The maximum Gasteiger partial charge on any atom is 0.202 e. The molecule has 1 saturated carbocycles. The van der Waals surface area contributed by atoms with Gasteiger partial charge in [0.25, 0.3) is 0 Å². The van der Waals surface area contributed by atoms with E-state index in [4.69, 9.17) is 5.73 Å². The van der Waals surface area contributed by atoms with Crippen LogP contribution in [-0.2, 0) is 6.54 Å². The number of imidazole rings is 1. The van der Waals surface area contributed by atoms with Crippen LogP contribution in [0.5, 0.6) is 0 Å². The molecule has 0 spiro atoms. The van der Waals surface area contributed by atoms with Crippen LogP contribution in [0.15, 0.2) is 16.7 Å². The van der Waals surface area contributed by atoms with Gasteiger partial charge in [0.15, 0.2) is 5.65 Å². The standard InChI is InChI=1S/C10H11BrN4/c11-7-3-8-9(13-4-7)15(10(12)14-8)5-6-1-2-6/h3-4,6H,1-2,5H2,(H2,12,14). The summed E-state index contributed by atoms with van der Waals surface area (Å²) < 4.78 is 2.95. The fourth-order valence-electron chi connectivity index (χ4n) is 1.74. The van der Waals surface area contributed by atoms with Crippen LogP contribution in [0.3, 0.4) is 0 Å². The Bertz CT molecular complexity index is 515. The molecule has 0 saturated heterocycles. The minimum absolute atomic E-state index is 0.572. The number of nitrogens with two attached hydrogens (primary N) is 1. The summed E-state index contributed by atoms with van der Waals surface area (Å²) in [5.74, 6) is 1.35. The maximum atomic E-state index is 5.88. The average Bonchev–Trinajstić information content (AvgIpc) is 2.93. The molecule has 0 bridgehead atoms. The molecular formula is C10H11BrN4. The predicted molar refractivity (Wildman–Crippen MR) is 62.4 cm³/mol. The quantitative estimate of drug-likeness (QED) is 0.907. The lowest BCUT2D eigenvalue weighted by atomic mass is 10.4. The first kappa shape index (κ1) is 9.15. The second kappa shape index (κ2) is 3.20. The van der Waals surface area contributed by atoms with E-state index in [1.165, 1.54) is 12.8 Å². The van der Waals surface area contributed by atoms with Crippen molar-refractivity contribution in [3.63, 3.8) is 0 Å². The molecule has 15 heavy (non-hydrogen) atoms. The number of pyridine rings is 1. The summed E-state index contributed by atoms with van der Waals surface area (Å²) in [7, 11) is 0. The van der Waals surface area contributed by atoms with E-state index in [0.717, 1.165) is 28.1 Å². The van der Waals surface area contributed by atoms with Crippen molar-refractivity contribution in [1.82, 2.24) is 14.5 Å². The molecule has 2 aromatic heterocycles. The van der Waals surface area contributed by atoms with Crippen molar-refractivity contribution in [1.29, 1.82) is 0 Å². The number of aromatic nitrogens is 3. The number of hydrogen-bond acceptors (Lipinski definition) is 3. The van der Waals surface area contributed by atoms with Gasteiger partial charge in [0, 0.05) is 17.2 Å². The molecule has 0 amide bonds. The van der Waals surface area contributed by atoms with Crippen molar-refractivity contribution >= 4 is 33.0 Å². The van der Waals surface area contributed by atoms with Gasteiger partial charge in [-0.25, -0.2) is 9.97 Å². The van der Waals surface area contributed by atoms with Crippen LogP contribution in [-0.4, -0.2) is 14.5 Å². The van der Waals surface area contributed by atoms with Gasteiger partial charge >= 0.3 is 0 Å². The molecule has 0 atom stereocenters. The van der Waals surface area contributed by atoms with Gasteiger partial charge in [0.05, 0.1) is 0 Å². The Kier molecular flexibility index (Phi) is 1.95. The van der Waals surface area contributed by atoms with E-state index in [0.29, 0.717) is 5.95 Å². The molecule has 1 aliphatic rings. The monoisotopic (exact) mass is 266 g/mol. The molecule has 2 heterocycles. The zero-order chi connectivity index (χ0) is 10.4. The fourth-order valence-corrected chi connectivity index (χ4v) is 2.06. The molecule has 0 aromatic carbocycles. The van der Waals surface area contributed by atoms with Crippen molar-refractivity contribution in [2.24, 2.45) is 5.92 Å². The molecule has 0 radical (unpaired) electrons. The van der Waals surface area contributed by atoms with E-state index < -0.39 is 0 Å². The Hall–Kier alpha value is -1.10. The molecule has 1 aliphatic carbocycles. The van der Waals surface area contributed by atoms with Crippen molar-refractivity contribution in [3.8, 4) is 0 Å². The maximum absolute atomic E-state index is 5.88. The SMILES string of the molecule is Nc1nc2cc(Br)cnc2n1CC1CC1. The Morgan fingerprint density at radius 3 is 3.07 bits per heavy atom. The van der Waals surface area contributed by atoms with Gasteiger partial charge in [0.1, 0.15) is 5.52 Å². The molecule has 2 aromatic rings. The molecule has 2 N–H and O–H groups in total. The summed E-state index contributed by atoms with van der Waals surface area (Å²) in [6, 6.07) is 1.95. The van der Waals surface area contributed by atoms with E-state index in [1.54, 1.807) is 6.20 Å². The number of anilines is 1. The van der Waals surface area contributed by atoms with Crippen molar-refractivity contribution < 1.29 is 0 Å². The van der Waals surface area contributed by atoms with Gasteiger partial charge in [0.2, 0.25) is 5.95 Å². The highest BCUT2D eigenvalue weighted by atomic mass is 79.9. The number of halogens is 1. The lowest BCUT2D eigenvalue weighted by molar-refractivity contribution is 0.646. The van der Waals surface area contributed by atoms with E-state index in [1.807, 2.05) is 10.6 Å². The zero-order valence-electron chi connectivity index (χ0n) is 8.15. The summed E-state index contributed by atoms with van der Waals surface area (Å²) in [5.41, 5.74) is 7.63. The predicted octanol–water partition coefficient (Wildman–Crippen LogP) is 2.19. The summed E-state index contributed by atoms with van der Waals surface area (Å²) in [6.45, 7) is 0.955. The van der Waals surface area contributed by atoms with E-state index in [-0.39, 0.29) is 0 Å². The fraction of sp³-hybridized carbons (Fsp3) is 0.400. The average molecular weight is 267 g/mol. The second-order valence-electron chi connectivity index (χ2n) is 4.02. The minimum atomic E-state index is 0.572. The van der Waals surface area contributed by atoms with Crippen LogP contribution in [0.2, 0.25) is 0 Å². The van der Waals surface area contributed by atoms with Crippen LogP contribution >= 0.6 is 15.9 Å². The Morgan fingerprint density at radius 1 is 1.53 bits per heavy atom.